The van der Waals surface area contributed by atoms with Crippen molar-refractivity contribution in [3.05, 3.63) is 55.2 Å². The molecule has 0 aliphatic carbocycles. The molecule has 3 heterocycles. The van der Waals surface area contributed by atoms with E-state index in [1.54, 1.807) is 47.5 Å². The Morgan fingerprint density at radius 3 is 2.69 bits per heavy atom. The maximum atomic E-state index is 9.21. The second-order valence-electron chi connectivity index (χ2n) is 6.02. The summed E-state index contributed by atoms with van der Waals surface area (Å²) in [7, 11) is 0. The molecule has 4 rings (SSSR count). The molecule has 0 bridgehead atoms. The van der Waals surface area contributed by atoms with Gasteiger partial charge in [0.05, 0.1) is 24.4 Å². The number of nitrogens with zero attached hydrogens (tertiary/aromatic N) is 6. The van der Waals surface area contributed by atoms with E-state index in [1.807, 2.05) is 12.1 Å². The molecular weight excluding hydrogens is 370 g/mol. The maximum absolute atomic E-state index is 9.21. The molecule has 4 aromatic rings. The van der Waals surface area contributed by atoms with Crippen molar-refractivity contribution in [2.24, 2.45) is 0 Å². The van der Waals surface area contributed by atoms with E-state index in [2.05, 4.69) is 26.1 Å². The third-order valence-electron chi connectivity index (χ3n) is 4.19. The fraction of sp³-hybridized carbons (Fsp3) is 0.150. The van der Waals surface area contributed by atoms with Crippen LogP contribution in [0.15, 0.2) is 55.2 Å². The van der Waals surface area contributed by atoms with Crippen LogP contribution in [0.25, 0.3) is 22.3 Å². The number of rotatable bonds is 7. The summed E-state index contributed by atoms with van der Waals surface area (Å²) in [4.78, 5) is 11.6. The van der Waals surface area contributed by atoms with E-state index in [0.717, 1.165) is 22.3 Å². The molecule has 0 radical (unpaired) electrons. The Labute approximate surface area is 165 Å². The van der Waals surface area contributed by atoms with Crippen LogP contribution in [0, 0.1) is 22.7 Å². The fourth-order valence-corrected chi connectivity index (χ4v) is 2.87. The third kappa shape index (κ3) is 3.84. The zero-order valence-electron chi connectivity index (χ0n) is 15.2. The molecule has 1 aromatic carbocycles. The van der Waals surface area contributed by atoms with E-state index >= 15 is 0 Å². The predicted octanol–water partition coefficient (Wildman–Crippen LogP) is 3.22. The number of aromatic nitrogens is 5. The zero-order chi connectivity index (χ0) is 20.1. The summed E-state index contributed by atoms with van der Waals surface area (Å²) in [6.07, 6.45) is 6.27. The molecule has 1 unspecified atom stereocenters. The Morgan fingerprint density at radius 2 is 1.90 bits per heavy atom. The zero-order valence-corrected chi connectivity index (χ0v) is 15.2. The molecule has 1 N–H and O–H groups in total. The number of ether oxygens (including phenoxy) is 2. The number of nitriles is 2. The second-order valence-corrected chi connectivity index (χ2v) is 6.02. The van der Waals surface area contributed by atoms with Gasteiger partial charge in [0.15, 0.2) is 6.61 Å². The molecule has 29 heavy (non-hydrogen) atoms. The van der Waals surface area contributed by atoms with E-state index < -0.39 is 6.23 Å². The van der Waals surface area contributed by atoms with Crippen LogP contribution >= 0.6 is 0 Å². The number of nitrogens with one attached hydrogen (secondary N) is 1. The molecule has 0 fully saturated rings. The molecule has 9 heteroatoms. The van der Waals surface area contributed by atoms with Crippen LogP contribution in [0.4, 0.5) is 0 Å². The predicted molar refractivity (Wildman–Crippen MR) is 103 cm³/mol. The average molecular weight is 385 g/mol. The van der Waals surface area contributed by atoms with Gasteiger partial charge < -0.3 is 14.5 Å². The minimum absolute atomic E-state index is 0.0230. The van der Waals surface area contributed by atoms with Crippen LogP contribution in [-0.4, -0.2) is 31.3 Å². The van der Waals surface area contributed by atoms with Crippen molar-refractivity contribution in [2.75, 3.05) is 6.61 Å². The minimum atomic E-state index is -0.608. The van der Waals surface area contributed by atoms with E-state index in [9.17, 15) is 5.26 Å². The average Bonchev–Trinajstić information content (AvgIpc) is 3.42. The topological polar surface area (TPSA) is 125 Å². The lowest BCUT2D eigenvalue weighted by atomic mass is 10.2. The van der Waals surface area contributed by atoms with Crippen molar-refractivity contribution >= 4 is 11.0 Å². The highest BCUT2D eigenvalue weighted by molar-refractivity contribution is 5.89. The van der Waals surface area contributed by atoms with Crippen LogP contribution in [0.3, 0.4) is 0 Å². The first-order chi connectivity index (χ1) is 14.3. The van der Waals surface area contributed by atoms with Gasteiger partial charge in [0.25, 0.3) is 0 Å². The van der Waals surface area contributed by atoms with Gasteiger partial charge in [-0.05, 0) is 30.3 Å². The van der Waals surface area contributed by atoms with Crippen LogP contribution in [0.1, 0.15) is 12.6 Å². The van der Waals surface area contributed by atoms with Crippen molar-refractivity contribution in [3.8, 4) is 34.9 Å². The summed E-state index contributed by atoms with van der Waals surface area (Å²) in [5.41, 5.74) is 2.28. The van der Waals surface area contributed by atoms with E-state index in [4.69, 9.17) is 14.7 Å². The van der Waals surface area contributed by atoms with Gasteiger partial charge in [0.1, 0.15) is 29.5 Å². The number of hydrogen-bond acceptors (Lipinski definition) is 7. The molecule has 142 valence electrons. The normalized spacial score (nSPS) is 11.5. The third-order valence-corrected chi connectivity index (χ3v) is 4.19. The molecule has 0 saturated carbocycles. The van der Waals surface area contributed by atoms with Gasteiger partial charge in [-0.25, -0.2) is 14.6 Å². The lowest BCUT2D eigenvalue weighted by molar-refractivity contribution is 0.123. The Hall–Kier alpha value is -4.37. The number of hydrogen-bond donors (Lipinski definition) is 1. The highest BCUT2D eigenvalue weighted by atomic mass is 16.5. The minimum Gasteiger partial charge on any atom is -0.479 e. The first-order valence-electron chi connectivity index (χ1n) is 8.74. The monoisotopic (exact) mass is 385 g/mol. The first-order valence-corrected chi connectivity index (χ1v) is 8.74. The molecule has 1 atom stereocenters. The molecule has 0 aliphatic heterocycles. The van der Waals surface area contributed by atoms with Crippen molar-refractivity contribution in [3.63, 3.8) is 0 Å². The van der Waals surface area contributed by atoms with Gasteiger partial charge >= 0.3 is 0 Å². The van der Waals surface area contributed by atoms with Gasteiger partial charge in [-0.15, -0.1) is 0 Å². The Balaban J connectivity index is 1.56. The summed E-state index contributed by atoms with van der Waals surface area (Å²) in [5, 5.41) is 23.0. The van der Waals surface area contributed by atoms with E-state index in [0.29, 0.717) is 11.5 Å². The van der Waals surface area contributed by atoms with Crippen LogP contribution in [0.2, 0.25) is 0 Å². The summed E-state index contributed by atoms with van der Waals surface area (Å²) in [6, 6.07) is 12.8. The molecule has 0 spiro atoms. The molecule has 3 aromatic heterocycles. The fourth-order valence-electron chi connectivity index (χ4n) is 2.87. The van der Waals surface area contributed by atoms with Crippen LogP contribution < -0.4 is 9.47 Å². The van der Waals surface area contributed by atoms with Gasteiger partial charge in [0.2, 0.25) is 6.23 Å². The van der Waals surface area contributed by atoms with Crippen LogP contribution in [-0.2, 0) is 0 Å². The summed E-state index contributed by atoms with van der Waals surface area (Å²) >= 11 is 0. The van der Waals surface area contributed by atoms with Crippen LogP contribution in [0.5, 0.6) is 11.5 Å². The molecule has 0 saturated heterocycles. The van der Waals surface area contributed by atoms with Crippen molar-refractivity contribution in [1.82, 2.24) is 24.7 Å². The largest absolute Gasteiger partial charge is 0.479 e. The Bertz CT molecular complexity index is 1200. The number of fused-ring (bicyclic) bond motifs is 1. The molecule has 0 amide bonds. The lowest BCUT2D eigenvalue weighted by Crippen LogP contribution is -2.16. The van der Waals surface area contributed by atoms with Gasteiger partial charge in [-0.1, -0.05) is 0 Å². The second kappa shape index (κ2) is 8.11. The van der Waals surface area contributed by atoms with E-state index in [-0.39, 0.29) is 13.0 Å². The Kier molecular flexibility index (Phi) is 5.04. The van der Waals surface area contributed by atoms with Crippen molar-refractivity contribution in [1.29, 1.82) is 10.5 Å². The summed E-state index contributed by atoms with van der Waals surface area (Å²) in [6.45, 7) is -0.0230. The first kappa shape index (κ1) is 18.0. The highest BCUT2D eigenvalue weighted by Crippen LogP contribution is 2.27. The smallest absolute Gasteiger partial charge is 0.204 e. The van der Waals surface area contributed by atoms with Gasteiger partial charge in [-0.3, -0.25) is 0 Å². The summed E-state index contributed by atoms with van der Waals surface area (Å²) in [5.74, 6) is 1.12. The maximum Gasteiger partial charge on any atom is 0.204 e. The SMILES string of the molecule is N#CCOc1ccc(OC(CC#N)n2cc(-c3ncnc4[nH]ccc34)cn2)cc1. The Morgan fingerprint density at radius 1 is 1.07 bits per heavy atom. The van der Waals surface area contributed by atoms with Crippen molar-refractivity contribution in [2.45, 2.75) is 12.6 Å². The lowest BCUT2D eigenvalue weighted by Gasteiger charge is -2.17. The number of aromatic amines is 1. The van der Waals surface area contributed by atoms with E-state index in [1.165, 1.54) is 6.33 Å². The van der Waals surface area contributed by atoms with Gasteiger partial charge in [0, 0.05) is 23.3 Å². The van der Waals surface area contributed by atoms with Gasteiger partial charge in [-0.2, -0.15) is 15.6 Å². The molecule has 9 nitrogen and oxygen atoms in total. The standard InChI is InChI=1S/C20H15N7O2/c21-7-5-18(29-16-3-1-15(2-4-16)28-10-8-22)27-12-14(11-26-27)19-17-6-9-23-20(17)25-13-24-19/h1-4,6,9,11-13,18H,5,10H2,(H,23,24,25). The number of benzene rings is 1. The highest BCUT2D eigenvalue weighted by Gasteiger charge is 2.16. The molecular formula is C20H15N7O2. The number of H-pyrrole nitrogens is 1. The van der Waals surface area contributed by atoms with Crippen molar-refractivity contribution < 1.29 is 9.47 Å². The quantitative estimate of drug-likeness (QED) is 0.517. The summed E-state index contributed by atoms with van der Waals surface area (Å²) < 4.78 is 12.8. The molecule has 0 aliphatic rings.